The Balaban J connectivity index is 1.13. The Morgan fingerprint density at radius 2 is 0.923 bits per heavy atom. The number of nitrogens with zero attached hydrogens (tertiary/aromatic N) is 4. The van der Waals surface area contributed by atoms with Crippen LogP contribution in [0, 0.1) is 0 Å². The molecule has 52 heavy (non-hydrogen) atoms. The highest BCUT2D eigenvalue weighted by molar-refractivity contribution is 6.14. The predicted molar refractivity (Wildman–Crippen MR) is 213 cm³/mol. The van der Waals surface area contributed by atoms with Crippen LogP contribution in [-0.4, -0.2) is 19.5 Å². The summed E-state index contributed by atoms with van der Waals surface area (Å²) in [5.74, 6) is 1.95. The van der Waals surface area contributed by atoms with Crippen LogP contribution in [0.15, 0.2) is 170 Å². The van der Waals surface area contributed by atoms with Crippen molar-refractivity contribution in [2.24, 2.45) is 0 Å². The lowest BCUT2D eigenvalue weighted by Gasteiger charge is -2.22. The van der Waals surface area contributed by atoms with E-state index in [1.54, 1.807) is 0 Å². The number of benzene rings is 7. The molecule has 1 aliphatic rings. The molecule has 0 saturated heterocycles. The standard InChI is InChI=1S/C48H34N4/c1-48(2)41-22-11-9-18-37(41)38-29-26-34(30-42(38)48)36-20-13-21-40-39-19-10-12-23-43(39)52(44(36)40)35-27-24-33(25-28-35)47-50-45(31-14-5-3-6-15-31)49-46(51-47)32-16-7-4-8-17-32/h3-30H,1-2H3. The Morgan fingerprint density at radius 1 is 0.404 bits per heavy atom. The fraction of sp³-hybridized carbons (Fsp3) is 0.0625. The number of fused-ring (bicyclic) bond motifs is 6. The third-order valence-corrected chi connectivity index (χ3v) is 10.7. The minimum absolute atomic E-state index is 0.0752. The first-order chi connectivity index (χ1) is 25.5. The third-order valence-electron chi connectivity index (χ3n) is 10.7. The van der Waals surface area contributed by atoms with Crippen molar-refractivity contribution in [1.29, 1.82) is 0 Å². The maximum Gasteiger partial charge on any atom is 0.164 e. The summed E-state index contributed by atoms with van der Waals surface area (Å²) in [6, 6.07) is 60.2. The van der Waals surface area contributed by atoms with E-state index in [1.165, 1.54) is 55.2 Å². The molecule has 0 radical (unpaired) electrons. The van der Waals surface area contributed by atoms with Crippen LogP contribution in [0.1, 0.15) is 25.0 Å². The van der Waals surface area contributed by atoms with E-state index in [9.17, 15) is 0 Å². The zero-order valence-corrected chi connectivity index (χ0v) is 29.0. The summed E-state index contributed by atoms with van der Waals surface area (Å²) in [4.78, 5) is 14.8. The second kappa shape index (κ2) is 11.7. The lowest BCUT2D eigenvalue weighted by atomic mass is 9.81. The van der Waals surface area contributed by atoms with E-state index in [-0.39, 0.29) is 5.41 Å². The summed E-state index contributed by atoms with van der Waals surface area (Å²) >= 11 is 0. The van der Waals surface area contributed by atoms with Crippen LogP contribution in [0.4, 0.5) is 0 Å². The molecular formula is C48H34N4. The zero-order valence-electron chi connectivity index (χ0n) is 29.0. The van der Waals surface area contributed by atoms with Gasteiger partial charge in [-0.25, -0.2) is 15.0 Å². The van der Waals surface area contributed by atoms with E-state index in [1.807, 2.05) is 60.7 Å². The molecule has 1 aliphatic carbocycles. The summed E-state index contributed by atoms with van der Waals surface area (Å²) in [6.07, 6.45) is 0. The number of para-hydroxylation sites is 2. The van der Waals surface area contributed by atoms with Crippen LogP contribution in [-0.2, 0) is 5.41 Å². The van der Waals surface area contributed by atoms with Gasteiger partial charge in [0.2, 0.25) is 0 Å². The molecule has 2 heterocycles. The number of hydrogen-bond donors (Lipinski definition) is 0. The molecule has 0 saturated carbocycles. The van der Waals surface area contributed by atoms with Gasteiger partial charge >= 0.3 is 0 Å². The van der Waals surface area contributed by atoms with Gasteiger partial charge in [-0.3, -0.25) is 0 Å². The Morgan fingerprint density at radius 3 is 1.62 bits per heavy atom. The molecule has 4 nitrogen and oxygen atoms in total. The van der Waals surface area contributed by atoms with E-state index < -0.39 is 0 Å². The maximum absolute atomic E-state index is 4.97. The molecule has 0 bridgehead atoms. The Labute approximate surface area is 302 Å². The Kier molecular flexibility index (Phi) is 6.80. The molecule has 0 atom stereocenters. The monoisotopic (exact) mass is 666 g/mol. The van der Waals surface area contributed by atoms with Gasteiger partial charge in [-0.05, 0) is 64.2 Å². The second-order valence-corrected chi connectivity index (χ2v) is 14.1. The normalized spacial score (nSPS) is 13.0. The van der Waals surface area contributed by atoms with Gasteiger partial charge in [0.1, 0.15) is 0 Å². The van der Waals surface area contributed by atoms with E-state index >= 15 is 0 Å². The molecule has 0 unspecified atom stereocenters. The van der Waals surface area contributed by atoms with Gasteiger partial charge in [0.25, 0.3) is 0 Å². The predicted octanol–water partition coefficient (Wildman–Crippen LogP) is 11.9. The highest BCUT2D eigenvalue weighted by Crippen LogP contribution is 2.50. The zero-order chi connectivity index (χ0) is 34.8. The molecule has 0 spiro atoms. The van der Waals surface area contributed by atoms with E-state index in [4.69, 9.17) is 15.0 Å². The molecule has 9 aromatic rings. The van der Waals surface area contributed by atoms with Crippen molar-refractivity contribution in [3.63, 3.8) is 0 Å². The van der Waals surface area contributed by atoms with Crippen molar-refractivity contribution in [2.45, 2.75) is 19.3 Å². The van der Waals surface area contributed by atoms with E-state index in [0.717, 1.165) is 22.4 Å². The lowest BCUT2D eigenvalue weighted by molar-refractivity contribution is 0.660. The quantitative estimate of drug-likeness (QED) is 0.184. The molecule has 246 valence electrons. The summed E-state index contributed by atoms with van der Waals surface area (Å²) in [7, 11) is 0. The van der Waals surface area contributed by atoms with Gasteiger partial charge in [0, 0.05) is 44.1 Å². The van der Waals surface area contributed by atoms with Crippen LogP contribution < -0.4 is 0 Å². The van der Waals surface area contributed by atoms with Crippen molar-refractivity contribution < 1.29 is 0 Å². The number of aromatic nitrogens is 4. The van der Waals surface area contributed by atoms with Crippen LogP contribution in [0.25, 0.3) is 83.9 Å². The first kappa shape index (κ1) is 30.2. The van der Waals surface area contributed by atoms with Gasteiger partial charge in [0.15, 0.2) is 17.5 Å². The highest BCUT2D eigenvalue weighted by atomic mass is 15.0. The smallest absolute Gasteiger partial charge is 0.164 e. The van der Waals surface area contributed by atoms with Crippen molar-refractivity contribution in [2.75, 3.05) is 0 Å². The van der Waals surface area contributed by atoms with Gasteiger partial charge in [0.05, 0.1) is 11.0 Å². The molecule has 0 amide bonds. The van der Waals surface area contributed by atoms with Crippen LogP contribution in [0.5, 0.6) is 0 Å². The SMILES string of the molecule is CC1(C)c2ccccc2-c2ccc(-c3cccc4c5ccccc5n(-c5ccc(-c6nc(-c7ccccc7)nc(-c7ccccc7)n6)cc5)c34)cc21. The average Bonchev–Trinajstić information content (AvgIpc) is 3.67. The van der Waals surface area contributed by atoms with Crippen molar-refractivity contribution >= 4 is 21.8 Å². The number of rotatable bonds is 5. The van der Waals surface area contributed by atoms with E-state index in [2.05, 4.69) is 128 Å². The van der Waals surface area contributed by atoms with Crippen molar-refractivity contribution in [3.8, 4) is 62.1 Å². The molecule has 2 aromatic heterocycles. The molecule has 7 aromatic carbocycles. The summed E-state index contributed by atoms with van der Waals surface area (Å²) in [5.41, 5.74) is 14.1. The number of hydrogen-bond acceptors (Lipinski definition) is 3. The molecular weight excluding hydrogens is 633 g/mol. The van der Waals surface area contributed by atoms with Crippen LogP contribution in [0.2, 0.25) is 0 Å². The average molecular weight is 667 g/mol. The van der Waals surface area contributed by atoms with Gasteiger partial charge in [-0.2, -0.15) is 0 Å². The fourth-order valence-corrected chi connectivity index (χ4v) is 8.09. The van der Waals surface area contributed by atoms with Crippen LogP contribution in [0.3, 0.4) is 0 Å². The first-order valence-corrected chi connectivity index (χ1v) is 17.8. The summed E-state index contributed by atoms with van der Waals surface area (Å²) in [5, 5.41) is 2.47. The van der Waals surface area contributed by atoms with Crippen molar-refractivity contribution in [3.05, 3.63) is 181 Å². The third kappa shape index (κ3) is 4.72. The molecule has 10 rings (SSSR count). The molecule has 0 fully saturated rings. The summed E-state index contributed by atoms with van der Waals surface area (Å²) in [6.45, 7) is 4.69. The second-order valence-electron chi connectivity index (χ2n) is 14.1. The maximum atomic E-state index is 4.97. The highest BCUT2D eigenvalue weighted by Gasteiger charge is 2.35. The van der Waals surface area contributed by atoms with Crippen LogP contribution >= 0.6 is 0 Å². The molecule has 4 heteroatoms. The van der Waals surface area contributed by atoms with Gasteiger partial charge in [-0.1, -0.05) is 147 Å². The molecule has 0 N–H and O–H groups in total. The topological polar surface area (TPSA) is 43.6 Å². The lowest BCUT2D eigenvalue weighted by Crippen LogP contribution is -2.14. The van der Waals surface area contributed by atoms with Gasteiger partial charge < -0.3 is 4.57 Å². The first-order valence-electron chi connectivity index (χ1n) is 17.8. The molecule has 0 aliphatic heterocycles. The minimum atomic E-state index is -0.0752. The largest absolute Gasteiger partial charge is 0.309 e. The Bertz CT molecular complexity index is 2740. The van der Waals surface area contributed by atoms with Gasteiger partial charge in [-0.15, -0.1) is 0 Å². The Hall–Kier alpha value is -6.65. The fourth-order valence-electron chi connectivity index (χ4n) is 8.09. The van der Waals surface area contributed by atoms with Crippen molar-refractivity contribution in [1.82, 2.24) is 19.5 Å². The minimum Gasteiger partial charge on any atom is -0.309 e. The summed E-state index contributed by atoms with van der Waals surface area (Å²) < 4.78 is 2.41. The van der Waals surface area contributed by atoms with E-state index in [0.29, 0.717) is 17.5 Å².